The highest BCUT2D eigenvalue weighted by atomic mass is 32.2. The van der Waals surface area contributed by atoms with E-state index in [1.54, 1.807) is 29.7 Å². The molecule has 1 aromatic heterocycles. The number of carbonyl (C=O) groups excluding carboxylic acids is 2. The van der Waals surface area contributed by atoms with E-state index in [0.29, 0.717) is 23.2 Å². The molecule has 1 unspecified atom stereocenters. The van der Waals surface area contributed by atoms with Crippen LogP contribution in [-0.4, -0.2) is 39.5 Å². The summed E-state index contributed by atoms with van der Waals surface area (Å²) >= 11 is 1.62. The highest BCUT2D eigenvalue weighted by Crippen LogP contribution is 2.31. The van der Waals surface area contributed by atoms with E-state index >= 15 is 0 Å². The molecule has 1 saturated heterocycles. The molecule has 1 aliphatic heterocycles. The van der Waals surface area contributed by atoms with Gasteiger partial charge in [-0.2, -0.15) is 0 Å². The zero-order valence-corrected chi connectivity index (χ0v) is 12.8. The molecule has 6 nitrogen and oxygen atoms in total. The maximum Gasteiger partial charge on any atom is 0.249 e. The number of amides is 2. The molecule has 2 heterocycles. The van der Waals surface area contributed by atoms with Crippen molar-refractivity contribution < 1.29 is 14.1 Å². The number of hydrogen-bond acceptors (Lipinski definition) is 5. The molecule has 0 radical (unpaired) electrons. The zero-order chi connectivity index (χ0) is 14.8. The fraction of sp³-hybridized carbons (Fsp3) is 0.643. The number of anilines is 1. The number of aromatic nitrogens is 1. The van der Waals surface area contributed by atoms with Gasteiger partial charge in [0, 0.05) is 17.7 Å². The van der Waals surface area contributed by atoms with Crippen LogP contribution in [0.5, 0.6) is 0 Å². The van der Waals surface area contributed by atoms with Crippen LogP contribution in [0.1, 0.15) is 31.4 Å². The molecular formula is C14H19N3O3S. The van der Waals surface area contributed by atoms with Crippen molar-refractivity contribution in [3.8, 4) is 0 Å². The second-order valence-corrected chi connectivity index (χ2v) is 6.62. The highest BCUT2D eigenvalue weighted by Gasteiger charge is 2.38. The van der Waals surface area contributed by atoms with Crippen molar-refractivity contribution in [3.63, 3.8) is 0 Å². The smallest absolute Gasteiger partial charge is 0.249 e. The van der Waals surface area contributed by atoms with Gasteiger partial charge in [0.15, 0.2) is 5.82 Å². The molecule has 2 amide bonds. The fourth-order valence-electron chi connectivity index (χ4n) is 2.92. The molecule has 3 rings (SSSR count). The predicted octanol–water partition coefficient (Wildman–Crippen LogP) is 2.01. The van der Waals surface area contributed by atoms with Crippen LogP contribution in [0.3, 0.4) is 0 Å². The Morgan fingerprint density at radius 3 is 2.86 bits per heavy atom. The van der Waals surface area contributed by atoms with Gasteiger partial charge >= 0.3 is 0 Å². The van der Waals surface area contributed by atoms with Gasteiger partial charge in [-0.25, -0.2) is 0 Å². The molecule has 2 aliphatic rings. The summed E-state index contributed by atoms with van der Waals surface area (Å²) in [6.45, 7) is 1.77. The van der Waals surface area contributed by atoms with E-state index in [9.17, 15) is 9.59 Å². The normalized spacial score (nSPS) is 22.7. The van der Waals surface area contributed by atoms with Gasteiger partial charge in [-0.15, -0.1) is 11.8 Å². The molecule has 1 N–H and O–H groups in total. The largest absolute Gasteiger partial charge is 0.360 e. The van der Waals surface area contributed by atoms with Crippen LogP contribution in [0.4, 0.5) is 5.82 Å². The molecule has 1 atom stereocenters. The van der Waals surface area contributed by atoms with Gasteiger partial charge in [-0.05, 0) is 19.8 Å². The van der Waals surface area contributed by atoms with Crippen molar-refractivity contribution >= 4 is 29.4 Å². The summed E-state index contributed by atoms with van der Waals surface area (Å²) in [5, 5.41) is 6.49. The lowest BCUT2D eigenvalue weighted by molar-refractivity contribution is -0.139. The number of rotatable bonds is 3. The number of nitrogens with zero attached hydrogens (tertiary/aromatic N) is 2. The molecule has 0 aromatic carbocycles. The summed E-state index contributed by atoms with van der Waals surface area (Å²) in [6.07, 6.45) is 4.15. The van der Waals surface area contributed by atoms with Crippen molar-refractivity contribution in [3.05, 3.63) is 11.8 Å². The second-order valence-electron chi connectivity index (χ2n) is 5.62. The van der Waals surface area contributed by atoms with E-state index < -0.39 is 6.04 Å². The first-order chi connectivity index (χ1) is 10.1. The predicted molar refractivity (Wildman–Crippen MR) is 79.8 cm³/mol. The molecule has 114 valence electrons. The minimum Gasteiger partial charge on any atom is -0.360 e. The lowest BCUT2D eigenvalue weighted by Crippen LogP contribution is -2.46. The Bertz CT molecular complexity index is 539. The quantitative estimate of drug-likeness (QED) is 0.924. The summed E-state index contributed by atoms with van der Waals surface area (Å²) in [7, 11) is 0. The minimum atomic E-state index is -0.403. The lowest BCUT2D eigenvalue weighted by Gasteiger charge is -2.25. The first-order valence-corrected chi connectivity index (χ1v) is 8.43. The number of thioether (sulfide) groups is 1. The molecule has 1 aromatic rings. The van der Waals surface area contributed by atoms with Crippen molar-refractivity contribution in [2.45, 2.75) is 38.6 Å². The number of aryl methyl sites for hydroxylation is 1. The van der Waals surface area contributed by atoms with E-state index in [1.165, 1.54) is 0 Å². The molecule has 1 saturated carbocycles. The van der Waals surface area contributed by atoms with Gasteiger partial charge < -0.3 is 14.7 Å². The summed E-state index contributed by atoms with van der Waals surface area (Å²) in [6, 6.07) is 1.27. The van der Waals surface area contributed by atoms with Crippen LogP contribution >= 0.6 is 11.8 Å². The third-order valence-corrected chi connectivity index (χ3v) is 5.06. The fourth-order valence-corrected chi connectivity index (χ4v) is 4.08. The Hall–Kier alpha value is -1.50. The van der Waals surface area contributed by atoms with Gasteiger partial charge in [-0.1, -0.05) is 18.0 Å². The number of nitrogens with one attached hydrogen (secondary N) is 1. The Labute approximate surface area is 127 Å². The van der Waals surface area contributed by atoms with E-state index in [4.69, 9.17) is 4.52 Å². The van der Waals surface area contributed by atoms with Crippen molar-refractivity contribution in [1.29, 1.82) is 0 Å². The molecule has 1 aliphatic carbocycles. The first kappa shape index (κ1) is 14.4. The summed E-state index contributed by atoms with van der Waals surface area (Å²) < 4.78 is 4.93. The van der Waals surface area contributed by atoms with Crippen LogP contribution in [0, 0.1) is 12.8 Å². The van der Waals surface area contributed by atoms with Gasteiger partial charge in [0.1, 0.15) is 11.8 Å². The lowest BCUT2D eigenvalue weighted by atomic mass is 10.1. The van der Waals surface area contributed by atoms with Crippen LogP contribution < -0.4 is 5.32 Å². The Morgan fingerprint density at radius 2 is 2.19 bits per heavy atom. The van der Waals surface area contributed by atoms with Crippen molar-refractivity contribution in [1.82, 2.24) is 10.1 Å². The molecular weight excluding hydrogens is 290 g/mol. The highest BCUT2D eigenvalue weighted by molar-refractivity contribution is 7.99. The Kier molecular flexibility index (Phi) is 4.19. The average Bonchev–Trinajstić information content (AvgIpc) is 3.19. The maximum absolute atomic E-state index is 12.5. The molecule has 2 fully saturated rings. The first-order valence-electron chi connectivity index (χ1n) is 7.27. The van der Waals surface area contributed by atoms with Gasteiger partial charge in [-0.3, -0.25) is 9.59 Å². The maximum atomic E-state index is 12.5. The van der Waals surface area contributed by atoms with Crippen LogP contribution in [0.15, 0.2) is 10.6 Å². The topological polar surface area (TPSA) is 75.4 Å². The van der Waals surface area contributed by atoms with Crippen LogP contribution in [0.2, 0.25) is 0 Å². The SMILES string of the molecule is Cc1cc(NC(=O)C2CSCN2C(=O)C2CCCC2)no1. The third kappa shape index (κ3) is 3.07. The zero-order valence-electron chi connectivity index (χ0n) is 12.0. The molecule has 7 heteroatoms. The molecule has 0 bridgehead atoms. The van der Waals surface area contributed by atoms with Gasteiger partial charge in [0.25, 0.3) is 0 Å². The Morgan fingerprint density at radius 1 is 1.43 bits per heavy atom. The monoisotopic (exact) mass is 309 g/mol. The van der Waals surface area contributed by atoms with Crippen LogP contribution in [0.25, 0.3) is 0 Å². The average molecular weight is 309 g/mol. The number of hydrogen-bond donors (Lipinski definition) is 1. The van der Waals surface area contributed by atoms with E-state index in [1.807, 2.05) is 0 Å². The van der Waals surface area contributed by atoms with Gasteiger partial charge in [0.05, 0.1) is 5.88 Å². The second kappa shape index (κ2) is 6.09. The Balaban J connectivity index is 1.65. The number of carbonyl (C=O) groups is 2. The summed E-state index contributed by atoms with van der Waals surface area (Å²) in [5.41, 5.74) is 0. The van der Waals surface area contributed by atoms with Crippen molar-refractivity contribution in [2.75, 3.05) is 16.9 Å². The summed E-state index contributed by atoms with van der Waals surface area (Å²) in [4.78, 5) is 26.6. The molecule has 21 heavy (non-hydrogen) atoms. The third-order valence-electron chi connectivity index (χ3n) is 4.05. The van der Waals surface area contributed by atoms with E-state index in [0.717, 1.165) is 25.7 Å². The van der Waals surface area contributed by atoms with E-state index in [-0.39, 0.29) is 17.7 Å². The van der Waals surface area contributed by atoms with Crippen molar-refractivity contribution in [2.24, 2.45) is 5.92 Å². The van der Waals surface area contributed by atoms with Crippen LogP contribution in [-0.2, 0) is 9.59 Å². The summed E-state index contributed by atoms with van der Waals surface area (Å²) in [5.74, 6) is 2.35. The van der Waals surface area contributed by atoms with E-state index in [2.05, 4.69) is 10.5 Å². The molecule has 0 spiro atoms. The standard InChI is InChI=1S/C14H19N3O3S/c1-9-6-12(16-20-9)15-13(18)11-7-21-8-17(11)14(19)10-4-2-3-5-10/h6,10-11H,2-5,7-8H2,1H3,(H,15,16,18). The minimum absolute atomic E-state index is 0.105. The van der Waals surface area contributed by atoms with Gasteiger partial charge in [0.2, 0.25) is 11.8 Å².